The van der Waals surface area contributed by atoms with Gasteiger partial charge in [-0.05, 0) is 0 Å². The summed E-state index contributed by atoms with van der Waals surface area (Å²) < 4.78 is 0. The molecule has 1 unspecified atom stereocenters. The van der Waals surface area contributed by atoms with Gasteiger partial charge in [-0.15, -0.1) is 6.42 Å². The topological polar surface area (TPSA) is 56.0 Å². The molecule has 0 fully saturated rings. The molecule has 0 amide bonds. The van der Waals surface area contributed by atoms with Crippen molar-refractivity contribution in [3.05, 3.63) is 0 Å². The Hall–Kier alpha value is -1.03. The van der Waals surface area contributed by atoms with Crippen molar-refractivity contribution in [2.75, 3.05) is 13.2 Å². The van der Waals surface area contributed by atoms with E-state index in [1.807, 2.05) is 6.07 Å². The fraction of sp³-hybridized carbons (Fsp3) is 0.500. The first-order valence-electron chi connectivity index (χ1n) is 2.52. The quantitative estimate of drug-likeness (QED) is 0.479. The molecule has 0 rings (SSSR count). The maximum Gasteiger partial charge on any atom is 0.119 e. The highest BCUT2D eigenvalue weighted by molar-refractivity contribution is 4.94. The number of terminal acetylenes is 1. The Morgan fingerprint density at radius 1 is 1.78 bits per heavy atom. The number of nitriles is 1. The second-order valence-electron chi connectivity index (χ2n) is 1.45. The minimum Gasteiger partial charge on any atom is -0.394 e. The highest BCUT2D eigenvalue weighted by Gasteiger charge is 1.99. The first kappa shape index (κ1) is 7.97. The van der Waals surface area contributed by atoms with E-state index in [-0.39, 0.29) is 6.61 Å². The molecule has 0 aromatic carbocycles. The van der Waals surface area contributed by atoms with Crippen LogP contribution in [-0.2, 0) is 0 Å². The van der Waals surface area contributed by atoms with Crippen LogP contribution in [0.1, 0.15) is 0 Å². The van der Waals surface area contributed by atoms with Crippen LogP contribution in [0.15, 0.2) is 0 Å². The van der Waals surface area contributed by atoms with Crippen molar-refractivity contribution in [1.82, 2.24) is 5.32 Å². The Morgan fingerprint density at radius 2 is 2.44 bits per heavy atom. The molecule has 0 aliphatic carbocycles. The molecule has 0 aromatic rings. The number of nitrogens with zero attached hydrogens (tertiary/aromatic N) is 1. The van der Waals surface area contributed by atoms with E-state index >= 15 is 0 Å². The molecular weight excluding hydrogens is 116 g/mol. The zero-order valence-corrected chi connectivity index (χ0v) is 4.96. The molecular formula is C6H8N2O. The molecule has 1 atom stereocenters. The first-order chi connectivity index (χ1) is 4.35. The second kappa shape index (κ2) is 5.11. The normalized spacial score (nSPS) is 11.4. The summed E-state index contributed by atoms with van der Waals surface area (Å²) >= 11 is 0. The Bertz CT molecular complexity index is 142. The van der Waals surface area contributed by atoms with E-state index in [0.29, 0.717) is 6.54 Å². The summed E-state index contributed by atoms with van der Waals surface area (Å²) in [5, 5.41) is 19.2. The summed E-state index contributed by atoms with van der Waals surface area (Å²) in [6, 6.07) is 1.30. The lowest BCUT2D eigenvalue weighted by Gasteiger charge is -2.02. The molecule has 0 saturated carbocycles. The van der Waals surface area contributed by atoms with E-state index < -0.39 is 6.04 Å². The average molecular weight is 124 g/mol. The standard InChI is InChI=1S/C6H8N2O/c1-2-3-8-6(4-7)5-9/h1,6,8-9H,3,5H2. The molecule has 0 bridgehead atoms. The van der Waals surface area contributed by atoms with Crippen LogP contribution in [-0.4, -0.2) is 24.3 Å². The van der Waals surface area contributed by atoms with Crippen LogP contribution in [0.2, 0.25) is 0 Å². The van der Waals surface area contributed by atoms with Crippen molar-refractivity contribution in [3.63, 3.8) is 0 Å². The largest absolute Gasteiger partial charge is 0.394 e. The number of rotatable bonds is 3. The summed E-state index contributed by atoms with van der Waals surface area (Å²) in [6.07, 6.45) is 4.88. The molecule has 0 spiro atoms. The van der Waals surface area contributed by atoms with Crippen molar-refractivity contribution in [2.45, 2.75) is 6.04 Å². The Labute approximate surface area is 54.3 Å². The smallest absolute Gasteiger partial charge is 0.119 e. The van der Waals surface area contributed by atoms with Gasteiger partial charge < -0.3 is 5.11 Å². The van der Waals surface area contributed by atoms with Gasteiger partial charge in [-0.1, -0.05) is 5.92 Å². The number of aliphatic hydroxyl groups is 1. The highest BCUT2D eigenvalue weighted by atomic mass is 16.3. The van der Waals surface area contributed by atoms with Crippen molar-refractivity contribution >= 4 is 0 Å². The van der Waals surface area contributed by atoms with Crippen molar-refractivity contribution in [1.29, 1.82) is 5.26 Å². The van der Waals surface area contributed by atoms with Gasteiger partial charge in [-0.25, -0.2) is 0 Å². The monoisotopic (exact) mass is 124 g/mol. The van der Waals surface area contributed by atoms with E-state index in [1.54, 1.807) is 0 Å². The summed E-state index contributed by atoms with van der Waals surface area (Å²) in [6.45, 7) is 0.122. The molecule has 2 N–H and O–H groups in total. The number of aliphatic hydroxyl groups excluding tert-OH is 1. The molecule has 48 valence electrons. The molecule has 9 heavy (non-hydrogen) atoms. The Balaban J connectivity index is 3.37. The fourth-order valence-electron chi connectivity index (χ4n) is 0.333. The molecule has 0 aliphatic heterocycles. The van der Waals surface area contributed by atoms with Crippen molar-refractivity contribution < 1.29 is 5.11 Å². The van der Waals surface area contributed by atoms with Gasteiger partial charge >= 0.3 is 0 Å². The average Bonchev–Trinajstić information content (AvgIpc) is 1.91. The minimum absolute atomic E-state index is 0.196. The predicted molar refractivity (Wildman–Crippen MR) is 33.3 cm³/mol. The molecule has 0 saturated heterocycles. The third-order valence-electron chi connectivity index (χ3n) is 0.789. The zero-order valence-electron chi connectivity index (χ0n) is 4.96. The summed E-state index contributed by atoms with van der Waals surface area (Å²) in [4.78, 5) is 0. The van der Waals surface area contributed by atoms with Gasteiger partial charge in [0, 0.05) is 0 Å². The first-order valence-corrected chi connectivity index (χ1v) is 2.52. The van der Waals surface area contributed by atoms with Crippen molar-refractivity contribution in [2.24, 2.45) is 0 Å². The van der Waals surface area contributed by atoms with E-state index in [1.165, 1.54) is 0 Å². The van der Waals surface area contributed by atoms with Crippen LogP contribution in [0.25, 0.3) is 0 Å². The minimum atomic E-state index is -0.527. The maximum absolute atomic E-state index is 8.40. The van der Waals surface area contributed by atoms with Gasteiger partial charge in [0.2, 0.25) is 0 Å². The summed E-state index contributed by atoms with van der Waals surface area (Å²) in [5.41, 5.74) is 0. The van der Waals surface area contributed by atoms with Gasteiger partial charge in [0.25, 0.3) is 0 Å². The Kier molecular flexibility index (Phi) is 4.53. The number of nitrogens with one attached hydrogen (secondary N) is 1. The third kappa shape index (κ3) is 3.54. The molecule has 0 radical (unpaired) electrons. The van der Waals surface area contributed by atoms with Gasteiger partial charge in [0.05, 0.1) is 19.2 Å². The molecule has 0 heterocycles. The maximum atomic E-state index is 8.40. The SMILES string of the molecule is C#CCNC(C#N)CO. The summed E-state index contributed by atoms with van der Waals surface area (Å²) in [5.74, 6) is 2.29. The van der Waals surface area contributed by atoms with Crippen LogP contribution in [0.3, 0.4) is 0 Å². The van der Waals surface area contributed by atoms with Crippen molar-refractivity contribution in [3.8, 4) is 18.4 Å². The van der Waals surface area contributed by atoms with Gasteiger partial charge in [-0.2, -0.15) is 5.26 Å². The lowest BCUT2D eigenvalue weighted by atomic mass is 10.3. The van der Waals surface area contributed by atoms with Crippen LogP contribution in [0.4, 0.5) is 0 Å². The predicted octanol–water partition coefficient (Wildman–Crippen LogP) is -0.906. The molecule has 3 heteroatoms. The van der Waals surface area contributed by atoms with Crippen LogP contribution in [0.5, 0.6) is 0 Å². The van der Waals surface area contributed by atoms with E-state index in [2.05, 4.69) is 11.2 Å². The van der Waals surface area contributed by atoms with Crippen LogP contribution < -0.4 is 5.32 Å². The Morgan fingerprint density at radius 3 is 2.78 bits per heavy atom. The van der Waals surface area contributed by atoms with Crippen LogP contribution >= 0.6 is 0 Å². The number of hydrogen-bond acceptors (Lipinski definition) is 3. The second-order valence-corrected chi connectivity index (χ2v) is 1.45. The number of hydrogen-bond donors (Lipinski definition) is 2. The lowest BCUT2D eigenvalue weighted by molar-refractivity contribution is 0.270. The van der Waals surface area contributed by atoms with E-state index in [0.717, 1.165) is 0 Å². The third-order valence-corrected chi connectivity index (χ3v) is 0.789. The fourth-order valence-corrected chi connectivity index (χ4v) is 0.333. The molecule has 0 aromatic heterocycles. The zero-order chi connectivity index (χ0) is 7.11. The van der Waals surface area contributed by atoms with Gasteiger partial charge in [0.1, 0.15) is 6.04 Å². The van der Waals surface area contributed by atoms with Gasteiger partial charge in [-0.3, -0.25) is 5.32 Å². The summed E-state index contributed by atoms with van der Waals surface area (Å²) in [7, 11) is 0. The van der Waals surface area contributed by atoms with Gasteiger partial charge in [0.15, 0.2) is 0 Å². The van der Waals surface area contributed by atoms with E-state index in [9.17, 15) is 0 Å². The molecule has 3 nitrogen and oxygen atoms in total. The lowest BCUT2D eigenvalue weighted by Crippen LogP contribution is -2.30. The molecule has 0 aliphatic rings. The highest BCUT2D eigenvalue weighted by Crippen LogP contribution is 1.74. The van der Waals surface area contributed by atoms with E-state index in [4.69, 9.17) is 16.8 Å². The van der Waals surface area contributed by atoms with Crippen LogP contribution in [0, 0.1) is 23.7 Å².